The molecule has 0 saturated carbocycles. The van der Waals surface area contributed by atoms with E-state index in [2.05, 4.69) is 30.1 Å². The standard InChI is InChI=1S/C23H14FN7/c24-17-11-14(13-4-3-7-25-12-13)10-16-19(17)30-31-21(16)23-28-20-15(6-9-27-22(20)29-23)18-5-1-2-8-26-18/h1-12H,(H,30,31)(H,27,28,29). The Balaban J connectivity index is 1.55. The number of halogens is 1. The average molecular weight is 407 g/mol. The molecule has 1 aromatic carbocycles. The number of aromatic amines is 2. The molecule has 0 aliphatic rings. The highest BCUT2D eigenvalue weighted by Gasteiger charge is 2.18. The van der Waals surface area contributed by atoms with Gasteiger partial charge in [-0.2, -0.15) is 5.10 Å². The van der Waals surface area contributed by atoms with Gasteiger partial charge in [0.05, 0.1) is 5.69 Å². The molecule has 0 saturated heterocycles. The number of H-pyrrole nitrogens is 2. The van der Waals surface area contributed by atoms with Crippen LogP contribution >= 0.6 is 0 Å². The first-order valence-electron chi connectivity index (χ1n) is 9.62. The fraction of sp³-hybridized carbons (Fsp3) is 0. The molecule has 0 spiro atoms. The molecule has 0 amide bonds. The molecule has 0 bridgehead atoms. The van der Waals surface area contributed by atoms with E-state index < -0.39 is 5.82 Å². The maximum Gasteiger partial charge on any atom is 0.160 e. The minimum Gasteiger partial charge on any atom is -0.321 e. The maximum absolute atomic E-state index is 14.8. The van der Waals surface area contributed by atoms with Gasteiger partial charge in [-0.3, -0.25) is 15.1 Å². The predicted octanol–water partition coefficient (Wildman–Crippen LogP) is 4.76. The summed E-state index contributed by atoms with van der Waals surface area (Å²) in [5.74, 6) is 0.110. The molecule has 7 nitrogen and oxygen atoms in total. The summed E-state index contributed by atoms with van der Waals surface area (Å²) in [6.07, 6.45) is 6.82. The third-order valence-electron chi connectivity index (χ3n) is 5.17. The number of hydrogen-bond acceptors (Lipinski definition) is 5. The number of pyridine rings is 3. The van der Waals surface area contributed by atoms with Crippen LogP contribution in [0.15, 0.2) is 73.3 Å². The molecule has 0 atom stereocenters. The quantitative estimate of drug-likeness (QED) is 0.441. The zero-order chi connectivity index (χ0) is 20.8. The van der Waals surface area contributed by atoms with Crippen molar-refractivity contribution < 1.29 is 4.39 Å². The second-order valence-corrected chi connectivity index (χ2v) is 7.05. The highest BCUT2D eigenvalue weighted by molar-refractivity contribution is 5.97. The van der Waals surface area contributed by atoms with Crippen LogP contribution in [0.4, 0.5) is 4.39 Å². The predicted molar refractivity (Wildman–Crippen MR) is 115 cm³/mol. The summed E-state index contributed by atoms with van der Waals surface area (Å²) in [6.45, 7) is 0. The Morgan fingerprint density at radius 1 is 0.871 bits per heavy atom. The van der Waals surface area contributed by atoms with Crippen LogP contribution in [0, 0.1) is 5.82 Å². The summed E-state index contributed by atoms with van der Waals surface area (Å²) in [7, 11) is 0. The molecule has 6 aromatic rings. The van der Waals surface area contributed by atoms with E-state index in [0.717, 1.165) is 16.8 Å². The van der Waals surface area contributed by atoms with Gasteiger partial charge in [-0.05, 0) is 42.0 Å². The van der Waals surface area contributed by atoms with Crippen LogP contribution in [0.2, 0.25) is 0 Å². The summed E-state index contributed by atoms with van der Waals surface area (Å²) >= 11 is 0. The fourth-order valence-electron chi connectivity index (χ4n) is 3.71. The van der Waals surface area contributed by atoms with Crippen LogP contribution < -0.4 is 0 Å². The van der Waals surface area contributed by atoms with E-state index in [1.165, 1.54) is 6.07 Å². The Labute approximate surface area is 175 Å². The normalized spacial score (nSPS) is 11.4. The Bertz CT molecular complexity index is 1540. The van der Waals surface area contributed by atoms with Gasteiger partial charge in [0.2, 0.25) is 0 Å². The number of nitrogens with zero attached hydrogens (tertiary/aromatic N) is 5. The highest BCUT2D eigenvalue weighted by atomic mass is 19.1. The topological polar surface area (TPSA) is 96.0 Å². The third-order valence-corrected chi connectivity index (χ3v) is 5.17. The molecule has 31 heavy (non-hydrogen) atoms. The van der Waals surface area contributed by atoms with Gasteiger partial charge in [0.25, 0.3) is 0 Å². The molecular weight excluding hydrogens is 393 g/mol. The minimum absolute atomic E-state index is 0.320. The molecule has 0 fully saturated rings. The Morgan fingerprint density at radius 3 is 2.68 bits per heavy atom. The van der Waals surface area contributed by atoms with Gasteiger partial charge in [-0.1, -0.05) is 12.1 Å². The maximum atomic E-state index is 14.8. The van der Waals surface area contributed by atoms with Crippen molar-refractivity contribution in [2.24, 2.45) is 0 Å². The van der Waals surface area contributed by atoms with Gasteiger partial charge < -0.3 is 4.98 Å². The summed E-state index contributed by atoms with van der Waals surface area (Å²) < 4.78 is 14.8. The van der Waals surface area contributed by atoms with E-state index >= 15 is 0 Å². The lowest BCUT2D eigenvalue weighted by molar-refractivity contribution is 0.636. The molecule has 0 aliphatic heterocycles. The van der Waals surface area contributed by atoms with Crippen LogP contribution in [-0.2, 0) is 0 Å². The summed E-state index contributed by atoms with van der Waals surface area (Å²) in [5.41, 5.74) is 5.31. The van der Waals surface area contributed by atoms with E-state index in [9.17, 15) is 4.39 Å². The van der Waals surface area contributed by atoms with Gasteiger partial charge >= 0.3 is 0 Å². The molecule has 5 aromatic heterocycles. The molecule has 8 heteroatoms. The summed E-state index contributed by atoms with van der Waals surface area (Å²) in [6, 6.07) is 14.6. The summed E-state index contributed by atoms with van der Waals surface area (Å²) in [5, 5.41) is 7.75. The molecule has 5 heterocycles. The van der Waals surface area contributed by atoms with Crippen LogP contribution in [0.3, 0.4) is 0 Å². The van der Waals surface area contributed by atoms with E-state index in [4.69, 9.17) is 4.98 Å². The van der Waals surface area contributed by atoms with Crippen molar-refractivity contribution in [1.29, 1.82) is 0 Å². The zero-order valence-electron chi connectivity index (χ0n) is 16.0. The van der Waals surface area contributed by atoms with Crippen molar-refractivity contribution in [2.75, 3.05) is 0 Å². The van der Waals surface area contributed by atoms with Gasteiger partial charge in [0, 0.05) is 41.3 Å². The Hall–Kier alpha value is -4.46. The zero-order valence-corrected chi connectivity index (χ0v) is 16.0. The molecule has 6 rings (SSSR count). The van der Waals surface area contributed by atoms with Gasteiger partial charge in [0.15, 0.2) is 11.5 Å². The van der Waals surface area contributed by atoms with Gasteiger partial charge in [-0.15, -0.1) is 0 Å². The highest BCUT2D eigenvalue weighted by Crippen LogP contribution is 2.33. The largest absolute Gasteiger partial charge is 0.321 e. The number of nitrogens with one attached hydrogen (secondary N) is 2. The van der Waals surface area contributed by atoms with E-state index in [1.54, 1.807) is 24.8 Å². The van der Waals surface area contributed by atoms with E-state index in [1.807, 2.05) is 42.5 Å². The van der Waals surface area contributed by atoms with Crippen LogP contribution in [0.1, 0.15) is 0 Å². The number of rotatable bonds is 3. The second kappa shape index (κ2) is 6.81. The van der Waals surface area contributed by atoms with Crippen molar-refractivity contribution in [3.8, 4) is 33.9 Å². The average Bonchev–Trinajstić information content (AvgIpc) is 3.44. The Kier molecular flexibility index (Phi) is 3.82. The van der Waals surface area contributed by atoms with Crippen LogP contribution in [0.25, 0.3) is 56.0 Å². The lowest BCUT2D eigenvalue weighted by Gasteiger charge is -2.03. The molecule has 0 unspecified atom stereocenters. The number of aromatic nitrogens is 7. The number of fused-ring (bicyclic) bond motifs is 2. The first-order valence-corrected chi connectivity index (χ1v) is 9.62. The SMILES string of the molecule is Fc1cc(-c2cccnc2)cc2c(-c3nc4c(-c5ccccn5)ccnc4[nH]3)n[nH]c12. The van der Waals surface area contributed by atoms with Crippen molar-refractivity contribution in [3.63, 3.8) is 0 Å². The van der Waals surface area contributed by atoms with Crippen LogP contribution in [-0.4, -0.2) is 35.1 Å². The molecule has 148 valence electrons. The number of benzene rings is 1. The van der Waals surface area contributed by atoms with Gasteiger partial charge in [0.1, 0.15) is 22.5 Å². The molecule has 0 radical (unpaired) electrons. The smallest absolute Gasteiger partial charge is 0.160 e. The van der Waals surface area contributed by atoms with Gasteiger partial charge in [-0.25, -0.2) is 14.4 Å². The number of imidazole rings is 1. The first-order chi connectivity index (χ1) is 15.3. The third kappa shape index (κ3) is 2.84. The second-order valence-electron chi connectivity index (χ2n) is 7.05. The summed E-state index contributed by atoms with van der Waals surface area (Å²) in [4.78, 5) is 20.9. The van der Waals surface area contributed by atoms with Crippen LogP contribution in [0.5, 0.6) is 0 Å². The molecule has 0 aliphatic carbocycles. The van der Waals surface area contributed by atoms with Crippen molar-refractivity contribution in [2.45, 2.75) is 0 Å². The van der Waals surface area contributed by atoms with E-state index in [0.29, 0.717) is 39.1 Å². The first kappa shape index (κ1) is 17.4. The lowest BCUT2D eigenvalue weighted by Crippen LogP contribution is -1.86. The monoisotopic (exact) mass is 407 g/mol. The van der Waals surface area contributed by atoms with Crippen molar-refractivity contribution in [1.82, 2.24) is 35.1 Å². The number of hydrogen-bond donors (Lipinski definition) is 2. The minimum atomic E-state index is -0.390. The van der Waals surface area contributed by atoms with Crippen molar-refractivity contribution >= 4 is 22.1 Å². The molecule has 2 N–H and O–H groups in total. The fourth-order valence-corrected chi connectivity index (χ4v) is 3.71. The Morgan fingerprint density at radius 2 is 1.84 bits per heavy atom. The molecular formula is C23H14FN7. The van der Waals surface area contributed by atoms with Crippen molar-refractivity contribution in [3.05, 3.63) is 79.1 Å². The van der Waals surface area contributed by atoms with E-state index in [-0.39, 0.29) is 0 Å². The lowest BCUT2D eigenvalue weighted by atomic mass is 10.0.